The maximum atomic E-state index is 12.3. The Bertz CT molecular complexity index is 841. The van der Waals surface area contributed by atoms with Gasteiger partial charge in [0.25, 0.3) is 0 Å². The number of benzene rings is 2. The highest BCUT2D eigenvalue weighted by molar-refractivity contribution is 8.00. The van der Waals surface area contributed by atoms with Crippen LogP contribution >= 0.6 is 11.8 Å². The Morgan fingerprint density at radius 3 is 2.52 bits per heavy atom. The van der Waals surface area contributed by atoms with Crippen molar-refractivity contribution >= 4 is 23.5 Å². The second kappa shape index (κ2) is 8.03. The zero-order valence-corrected chi connectivity index (χ0v) is 15.2. The van der Waals surface area contributed by atoms with Gasteiger partial charge in [0.15, 0.2) is 0 Å². The molecule has 0 fully saturated rings. The zero-order chi connectivity index (χ0) is 17.6. The minimum Gasteiger partial charge on any atom is -0.310 e. The van der Waals surface area contributed by atoms with E-state index in [2.05, 4.69) is 41.6 Å². The number of nitrogens with one attached hydrogen (secondary N) is 1. The average Bonchev–Trinajstić information content (AvgIpc) is 2.94. The number of carbonyl (C=O) groups excluding carboxylic acids is 1. The zero-order valence-electron chi connectivity index (χ0n) is 14.4. The summed E-state index contributed by atoms with van der Waals surface area (Å²) in [6, 6.07) is 20.2. The molecule has 4 nitrogen and oxygen atoms in total. The van der Waals surface area contributed by atoms with Crippen LogP contribution in [0.4, 0.5) is 5.82 Å². The summed E-state index contributed by atoms with van der Waals surface area (Å²) in [5.41, 5.74) is 3.25. The first-order valence-corrected chi connectivity index (χ1v) is 9.16. The van der Waals surface area contributed by atoms with Crippen LogP contribution in [0.2, 0.25) is 0 Å². The number of rotatable bonds is 6. The molecule has 0 unspecified atom stereocenters. The highest BCUT2D eigenvalue weighted by Crippen LogP contribution is 2.19. The summed E-state index contributed by atoms with van der Waals surface area (Å²) in [7, 11) is 0. The van der Waals surface area contributed by atoms with E-state index in [1.165, 1.54) is 17.3 Å². The van der Waals surface area contributed by atoms with Crippen molar-refractivity contribution in [2.75, 3.05) is 11.1 Å². The molecule has 1 heterocycles. The van der Waals surface area contributed by atoms with Gasteiger partial charge in [0.05, 0.1) is 18.0 Å². The quantitative estimate of drug-likeness (QED) is 0.674. The number of aromatic nitrogens is 2. The van der Waals surface area contributed by atoms with Gasteiger partial charge in [-0.25, -0.2) is 4.68 Å². The predicted octanol–water partition coefficient (Wildman–Crippen LogP) is 4.28. The van der Waals surface area contributed by atoms with Crippen molar-refractivity contribution in [2.45, 2.75) is 25.3 Å². The van der Waals surface area contributed by atoms with Crippen LogP contribution in [0.5, 0.6) is 0 Å². The summed E-state index contributed by atoms with van der Waals surface area (Å²) in [5.74, 6) is 1.08. The summed E-state index contributed by atoms with van der Waals surface area (Å²) in [6.07, 6.45) is 0. The van der Waals surface area contributed by atoms with Crippen molar-refractivity contribution < 1.29 is 4.79 Å². The number of thioether (sulfide) groups is 1. The second-order valence-electron chi connectivity index (χ2n) is 5.96. The normalized spacial score (nSPS) is 10.6. The number of aryl methyl sites for hydroxylation is 2. The smallest absolute Gasteiger partial charge is 0.235 e. The second-order valence-corrected chi connectivity index (χ2v) is 7.01. The molecule has 3 aromatic rings. The molecule has 25 heavy (non-hydrogen) atoms. The molecule has 0 spiro atoms. The van der Waals surface area contributed by atoms with Crippen molar-refractivity contribution in [3.05, 3.63) is 77.5 Å². The van der Waals surface area contributed by atoms with Gasteiger partial charge in [0, 0.05) is 11.0 Å². The minimum atomic E-state index is -0.0280. The van der Waals surface area contributed by atoms with Gasteiger partial charge in [-0.3, -0.25) is 4.79 Å². The van der Waals surface area contributed by atoms with E-state index >= 15 is 0 Å². The summed E-state index contributed by atoms with van der Waals surface area (Å²) >= 11 is 1.53. The number of nitrogens with zero attached hydrogens (tertiary/aromatic N) is 2. The molecule has 0 aliphatic rings. The third-order valence-electron chi connectivity index (χ3n) is 3.74. The highest BCUT2D eigenvalue weighted by Gasteiger charge is 2.10. The van der Waals surface area contributed by atoms with E-state index in [0.717, 1.165) is 22.0 Å². The lowest BCUT2D eigenvalue weighted by atomic mass is 10.2. The van der Waals surface area contributed by atoms with E-state index in [0.29, 0.717) is 12.3 Å². The third kappa shape index (κ3) is 4.97. The molecule has 0 aliphatic heterocycles. The van der Waals surface area contributed by atoms with E-state index in [4.69, 9.17) is 0 Å². The summed E-state index contributed by atoms with van der Waals surface area (Å²) in [4.78, 5) is 13.4. The molecule has 1 aromatic heterocycles. The standard InChI is InChI=1S/C20H21N3OS/c1-15-8-10-18(11-9-15)25-14-20(24)21-19-12-16(2)22-23(19)13-17-6-4-3-5-7-17/h3-12H,13-14H2,1-2H3,(H,21,24). The van der Waals surface area contributed by atoms with E-state index in [1.807, 2.05) is 48.0 Å². The van der Waals surface area contributed by atoms with Crippen LogP contribution in [0.25, 0.3) is 0 Å². The van der Waals surface area contributed by atoms with Crippen LogP contribution in [0.3, 0.4) is 0 Å². The fraction of sp³-hybridized carbons (Fsp3) is 0.200. The number of hydrogen-bond donors (Lipinski definition) is 1. The summed E-state index contributed by atoms with van der Waals surface area (Å²) < 4.78 is 1.83. The first-order chi connectivity index (χ1) is 12.1. The lowest BCUT2D eigenvalue weighted by Crippen LogP contribution is -2.17. The fourth-order valence-electron chi connectivity index (χ4n) is 2.49. The Morgan fingerprint density at radius 2 is 1.80 bits per heavy atom. The van der Waals surface area contributed by atoms with Crippen molar-refractivity contribution in [1.29, 1.82) is 0 Å². The Kier molecular flexibility index (Phi) is 5.56. The fourth-order valence-corrected chi connectivity index (χ4v) is 3.18. The van der Waals surface area contributed by atoms with Gasteiger partial charge in [0.2, 0.25) is 5.91 Å². The van der Waals surface area contributed by atoms with Crippen LogP contribution in [0.15, 0.2) is 65.6 Å². The number of hydrogen-bond acceptors (Lipinski definition) is 3. The first kappa shape index (κ1) is 17.3. The minimum absolute atomic E-state index is 0.0280. The molecule has 0 bridgehead atoms. The molecule has 128 valence electrons. The molecule has 0 atom stereocenters. The molecule has 1 amide bonds. The van der Waals surface area contributed by atoms with Gasteiger partial charge in [-0.05, 0) is 31.5 Å². The molecule has 1 N–H and O–H groups in total. The average molecular weight is 351 g/mol. The Balaban J connectivity index is 1.62. The van der Waals surface area contributed by atoms with Crippen LogP contribution in [-0.4, -0.2) is 21.4 Å². The largest absolute Gasteiger partial charge is 0.310 e. The van der Waals surface area contributed by atoms with Gasteiger partial charge in [-0.1, -0.05) is 48.0 Å². The van der Waals surface area contributed by atoms with Gasteiger partial charge in [-0.2, -0.15) is 5.10 Å². The number of amides is 1. The van der Waals surface area contributed by atoms with Crippen LogP contribution in [0.1, 0.15) is 16.8 Å². The Morgan fingerprint density at radius 1 is 1.08 bits per heavy atom. The Hall–Kier alpha value is -2.53. The first-order valence-electron chi connectivity index (χ1n) is 8.18. The lowest BCUT2D eigenvalue weighted by Gasteiger charge is -2.09. The van der Waals surface area contributed by atoms with Crippen molar-refractivity contribution in [1.82, 2.24) is 9.78 Å². The van der Waals surface area contributed by atoms with Crippen LogP contribution in [-0.2, 0) is 11.3 Å². The van der Waals surface area contributed by atoms with Gasteiger partial charge >= 0.3 is 0 Å². The summed E-state index contributed by atoms with van der Waals surface area (Å²) in [5, 5.41) is 7.46. The molecule has 2 aromatic carbocycles. The van der Waals surface area contributed by atoms with Crippen molar-refractivity contribution in [2.24, 2.45) is 0 Å². The summed E-state index contributed by atoms with van der Waals surface area (Å²) in [6.45, 7) is 4.62. The lowest BCUT2D eigenvalue weighted by molar-refractivity contribution is -0.113. The van der Waals surface area contributed by atoms with E-state index in [9.17, 15) is 4.79 Å². The van der Waals surface area contributed by atoms with Crippen LogP contribution in [0, 0.1) is 13.8 Å². The highest BCUT2D eigenvalue weighted by atomic mass is 32.2. The number of carbonyl (C=O) groups is 1. The maximum Gasteiger partial charge on any atom is 0.235 e. The van der Waals surface area contributed by atoms with Gasteiger partial charge in [0.1, 0.15) is 5.82 Å². The molecular formula is C20H21N3OS. The Labute approximate surface area is 152 Å². The monoisotopic (exact) mass is 351 g/mol. The van der Waals surface area contributed by atoms with Gasteiger partial charge < -0.3 is 5.32 Å². The van der Waals surface area contributed by atoms with E-state index in [1.54, 1.807) is 0 Å². The van der Waals surface area contributed by atoms with Crippen molar-refractivity contribution in [3.63, 3.8) is 0 Å². The number of anilines is 1. The van der Waals surface area contributed by atoms with Crippen molar-refractivity contribution in [3.8, 4) is 0 Å². The topological polar surface area (TPSA) is 46.9 Å². The molecule has 3 rings (SSSR count). The molecule has 0 saturated carbocycles. The third-order valence-corrected chi connectivity index (χ3v) is 4.75. The maximum absolute atomic E-state index is 12.3. The molecule has 0 radical (unpaired) electrons. The van der Waals surface area contributed by atoms with Crippen LogP contribution < -0.4 is 5.32 Å². The SMILES string of the molecule is Cc1ccc(SCC(=O)Nc2cc(C)nn2Cc2ccccc2)cc1. The van der Waals surface area contributed by atoms with E-state index in [-0.39, 0.29) is 5.91 Å². The van der Waals surface area contributed by atoms with E-state index < -0.39 is 0 Å². The molecular weight excluding hydrogens is 330 g/mol. The predicted molar refractivity (Wildman–Crippen MR) is 103 cm³/mol. The molecule has 5 heteroatoms. The molecule has 0 aliphatic carbocycles. The van der Waals surface area contributed by atoms with Gasteiger partial charge in [-0.15, -0.1) is 11.8 Å². The molecule has 0 saturated heterocycles.